The minimum absolute atomic E-state index is 0.400. The van der Waals surface area contributed by atoms with Gasteiger partial charge in [-0.3, -0.25) is 4.79 Å². The fourth-order valence-electron chi connectivity index (χ4n) is 2.14. The molecule has 2 rings (SSSR count). The van der Waals surface area contributed by atoms with Crippen LogP contribution < -0.4 is 10.5 Å². The maximum Gasteiger partial charge on any atom is 0.250 e. The van der Waals surface area contributed by atoms with E-state index in [0.717, 1.165) is 22.8 Å². The number of nitrogens with zero attached hydrogens (tertiary/aromatic N) is 1. The van der Waals surface area contributed by atoms with Gasteiger partial charge in [-0.2, -0.15) is 0 Å². The standard InChI is InChI=1S/C14H16N2O2/c1-9-8-13(14(15)17)10(2)16(9)11-4-6-12(18-3)7-5-11/h4-8H,1-3H3,(H2,15,17). The van der Waals surface area contributed by atoms with Gasteiger partial charge in [-0.05, 0) is 44.2 Å². The van der Waals surface area contributed by atoms with Crippen molar-refractivity contribution in [1.29, 1.82) is 0 Å². The van der Waals surface area contributed by atoms with Gasteiger partial charge in [0.1, 0.15) is 5.75 Å². The Morgan fingerprint density at radius 2 is 1.83 bits per heavy atom. The predicted molar refractivity (Wildman–Crippen MR) is 70.3 cm³/mol. The number of primary amides is 1. The van der Waals surface area contributed by atoms with E-state index in [1.54, 1.807) is 7.11 Å². The van der Waals surface area contributed by atoms with E-state index in [-0.39, 0.29) is 0 Å². The molecule has 1 heterocycles. The van der Waals surface area contributed by atoms with Crippen LogP contribution in [0.2, 0.25) is 0 Å². The molecule has 0 aliphatic carbocycles. The lowest BCUT2D eigenvalue weighted by atomic mass is 10.2. The first-order chi connectivity index (χ1) is 8.54. The average molecular weight is 244 g/mol. The molecule has 0 aliphatic heterocycles. The number of aryl methyl sites for hydroxylation is 1. The number of nitrogens with two attached hydrogens (primary N) is 1. The van der Waals surface area contributed by atoms with E-state index < -0.39 is 5.91 Å². The maximum atomic E-state index is 11.3. The highest BCUT2D eigenvalue weighted by Crippen LogP contribution is 2.22. The van der Waals surface area contributed by atoms with E-state index in [9.17, 15) is 4.79 Å². The van der Waals surface area contributed by atoms with Gasteiger partial charge in [0.15, 0.2) is 0 Å². The first-order valence-corrected chi connectivity index (χ1v) is 5.67. The lowest BCUT2D eigenvalue weighted by Crippen LogP contribution is -2.12. The number of hydrogen-bond acceptors (Lipinski definition) is 2. The van der Waals surface area contributed by atoms with E-state index in [1.165, 1.54) is 0 Å². The monoisotopic (exact) mass is 244 g/mol. The SMILES string of the molecule is COc1ccc(-n2c(C)cc(C(N)=O)c2C)cc1. The maximum absolute atomic E-state index is 11.3. The Labute approximate surface area is 106 Å². The summed E-state index contributed by atoms with van der Waals surface area (Å²) in [5.74, 6) is 0.402. The molecule has 0 bridgehead atoms. The van der Waals surface area contributed by atoms with Crippen molar-refractivity contribution in [2.24, 2.45) is 5.73 Å². The molecular formula is C14H16N2O2. The summed E-state index contributed by atoms with van der Waals surface area (Å²) in [7, 11) is 1.63. The summed E-state index contributed by atoms with van der Waals surface area (Å²) in [5, 5.41) is 0. The third-order valence-electron chi connectivity index (χ3n) is 3.03. The predicted octanol–water partition coefficient (Wildman–Crippen LogP) is 2.20. The molecule has 0 spiro atoms. The molecular weight excluding hydrogens is 228 g/mol. The average Bonchev–Trinajstić information content (AvgIpc) is 2.65. The molecule has 0 unspecified atom stereocenters. The number of hydrogen-bond donors (Lipinski definition) is 1. The second-order valence-corrected chi connectivity index (χ2v) is 4.18. The van der Waals surface area contributed by atoms with Gasteiger partial charge in [-0.15, -0.1) is 0 Å². The summed E-state index contributed by atoms with van der Waals surface area (Å²) < 4.78 is 7.13. The summed E-state index contributed by atoms with van der Waals surface area (Å²) in [4.78, 5) is 11.3. The van der Waals surface area contributed by atoms with Crippen LogP contribution in [-0.4, -0.2) is 17.6 Å². The van der Waals surface area contributed by atoms with Gasteiger partial charge in [0.05, 0.1) is 12.7 Å². The van der Waals surface area contributed by atoms with Crippen LogP contribution in [0.3, 0.4) is 0 Å². The Hall–Kier alpha value is -2.23. The molecule has 18 heavy (non-hydrogen) atoms. The molecule has 1 aromatic heterocycles. The van der Waals surface area contributed by atoms with Crippen molar-refractivity contribution in [3.63, 3.8) is 0 Å². The molecule has 0 aliphatic rings. The van der Waals surface area contributed by atoms with E-state index in [2.05, 4.69) is 0 Å². The van der Waals surface area contributed by atoms with Crippen LogP contribution in [0.1, 0.15) is 21.7 Å². The van der Waals surface area contributed by atoms with Crippen LogP contribution in [0.15, 0.2) is 30.3 Å². The number of amides is 1. The smallest absolute Gasteiger partial charge is 0.250 e. The molecule has 1 aromatic carbocycles. The van der Waals surface area contributed by atoms with Crippen LogP contribution in [0.25, 0.3) is 5.69 Å². The van der Waals surface area contributed by atoms with Gasteiger partial charge in [0, 0.05) is 17.1 Å². The second kappa shape index (κ2) is 4.56. The van der Waals surface area contributed by atoms with Gasteiger partial charge in [0.2, 0.25) is 0 Å². The highest BCUT2D eigenvalue weighted by atomic mass is 16.5. The Bertz CT molecular complexity index is 583. The van der Waals surface area contributed by atoms with Crippen molar-refractivity contribution in [3.05, 3.63) is 47.3 Å². The number of aromatic nitrogens is 1. The number of carbonyl (C=O) groups excluding carboxylic acids is 1. The van der Waals surface area contributed by atoms with Crippen LogP contribution in [-0.2, 0) is 0 Å². The van der Waals surface area contributed by atoms with Crippen molar-refractivity contribution < 1.29 is 9.53 Å². The lowest BCUT2D eigenvalue weighted by molar-refractivity contribution is 0.0999. The summed E-state index contributed by atoms with van der Waals surface area (Å²) in [5.41, 5.74) is 8.72. The van der Waals surface area contributed by atoms with E-state index >= 15 is 0 Å². The molecule has 0 atom stereocenters. The highest BCUT2D eigenvalue weighted by Gasteiger charge is 2.14. The lowest BCUT2D eigenvalue weighted by Gasteiger charge is -2.10. The molecule has 2 aromatic rings. The van der Waals surface area contributed by atoms with E-state index in [4.69, 9.17) is 10.5 Å². The van der Waals surface area contributed by atoms with Crippen molar-refractivity contribution in [2.45, 2.75) is 13.8 Å². The number of ether oxygens (including phenoxy) is 1. The van der Waals surface area contributed by atoms with Gasteiger partial charge < -0.3 is 15.0 Å². The highest BCUT2D eigenvalue weighted by molar-refractivity contribution is 5.94. The summed E-state index contributed by atoms with van der Waals surface area (Å²) in [6.07, 6.45) is 0. The molecule has 2 N–H and O–H groups in total. The Morgan fingerprint density at radius 3 is 2.28 bits per heavy atom. The zero-order valence-electron chi connectivity index (χ0n) is 10.7. The van der Waals surface area contributed by atoms with Crippen molar-refractivity contribution in [2.75, 3.05) is 7.11 Å². The zero-order valence-corrected chi connectivity index (χ0v) is 10.7. The molecule has 0 saturated heterocycles. The van der Waals surface area contributed by atoms with Crippen LogP contribution in [0, 0.1) is 13.8 Å². The van der Waals surface area contributed by atoms with Crippen molar-refractivity contribution in [3.8, 4) is 11.4 Å². The number of benzene rings is 1. The minimum Gasteiger partial charge on any atom is -0.497 e. The number of methoxy groups -OCH3 is 1. The molecule has 4 heteroatoms. The summed E-state index contributed by atoms with van der Waals surface area (Å²) in [6.45, 7) is 3.83. The largest absolute Gasteiger partial charge is 0.497 e. The quantitative estimate of drug-likeness (QED) is 0.899. The fraction of sp³-hybridized carbons (Fsp3) is 0.214. The first-order valence-electron chi connectivity index (χ1n) is 5.67. The second-order valence-electron chi connectivity index (χ2n) is 4.18. The topological polar surface area (TPSA) is 57.2 Å². The third kappa shape index (κ3) is 1.97. The van der Waals surface area contributed by atoms with Crippen molar-refractivity contribution in [1.82, 2.24) is 4.57 Å². The molecule has 1 amide bonds. The van der Waals surface area contributed by atoms with Gasteiger partial charge in [0.25, 0.3) is 5.91 Å². The molecule has 4 nitrogen and oxygen atoms in total. The summed E-state index contributed by atoms with van der Waals surface area (Å²) in [6, 6.07) is 9.48. The number of carbonyl (C=O) groups is 1. The first kappa shape index (κ1) is 12.2. The Balaban J connectivity index is 2.53. The Kier molecular flexibility index (Phi) is 3.10. The fourth-order valence-corrected chi connectivity index (χ4v) is 2.14. The van der Waals surface area contributed by atoms with Crippen LogP contribution in [0.5, 0.6) is 5.75 Å². The Morgan fingerprint density at radius 1 is 1.22 bits per heavy atom. The van der Waals surface area contributed by atoms with E-state index in [1.807, 2.05) is 48.7 Å². The number of rotatable bonds is 3. The third-order valence-corrected chi connectivity index (χ3v) is 3.03. The summed E-state index contributed by atoms with van der Waals surface area (Å²) >= 11 is 0. The van der Waals surface area contributed by atoms with Crippen LogP contribution >= 0.6 is 0 Å². The molecule has 0 fully saturated rings. The molecule has 0 radical (unpaired) electrons. The van der Waals surface area contributed by atoms with Crippen molar-refractivity contribution >= 4 is 5.91 Å². The van der Waals surface area contributed by atoms with Gasteiger partial charge >= 0.3 is 0 Å². The molecule has 94 valence electrons. The zero-order chi connectivity index (χ0) is 13.3. The normalized spacial score (nSPS) is 10.4. The minimum atomic E-state index is -0.400. The molecule has 0 saturated carbocycles. The van der Waals surface area contributed by atoms with Gasteiger partial charge in [-0.1, -0.05) is 0 Å². The van der Waals surface area contributed by atoms with Gasteiger partial charge in [-0.25, -0.2) is 0 Å². The van der Waals surface area contributed by atoms with Crippen LogP contribution in [0.4, 0.5) is 0 Å². The van der Waals surface area contributed by atoms with E-state index in [0.29, 0.717) is 5.56 Å².